The average molecular weight is 314 g/mol. The number of hydrogen-bond donors (Lipinski definition) is 0. The van der Waals surface area contributed by atoms with Crippen molar-refractivity contribution in [1.82, 2.24) is 4.90 Å². The minimum atomic E-state index is 0.103. The fraction of sp³-hybridized carbons (Fsp3) is 0.650. The molecule has 2 aliphatic heterocycles. The number of carbonyl (C=O) groups excluding carboxylic acids is 1. The predicted octanol–water partition coefficient (Wildman–Crippen LogP) is 3.82. The van der Waals surface area contributed by atoms with Gasteiger partial charge in [-0.05, 0) is 45.2 Å². The quantitative estimate of drug-likeness (QED) is 0.787. The van der Waals surface area contributed by atoms with Crippen molar-refractivity contribution in [1.29, 1.82) is 0 Å². The van der Waals surface area contributed by atoms with E-state index in [1.54, 1.807) is 0 Å². The first kappa shape index (κ1) is 16.4. The second kappa shape index (κ2) is 5.54. The Bertz CT molecular complexity index is 592. The van der Waals surface area contributed by atoms with Crippen molar-refractivity contribution >= 4 is 11.6 Å². The molecule has 1 aromatic rings. The number of likely N-dealkylation sites (tertiary alicyclic amines) is 1. The Labute approximate surface area is 140 Å². The monoisotopic (exact) mass is 314 g/mol. The van der Waals surface area contributed by atoms with Crippen LogP contribution < -0.4 is 4.90 Å². The fourth-order valence-electron chi connectivity index (χ4n) is 4.18. The Hall–Kier alpha value is -1.51. The summed E-state index contributed by atoms with van der Waals surface area (Å²) in [6.07, 6.45) is 2.16. The van der Waals surface area contributed by atoms with Crippen LogP contribution in [0.5, 0.6) is 0 Å². The van der Waals surface area contributed by atoms with E-state index in [2.05, 4.69) is 54.8 Å². The van der Waals surface area contributed by atoms with Crippen LogP contribution in [0, 0.1) is 5.92 Å². The maximum atomic E-state index is 12.3. The van der Waals surface area contributed by atoms with Crippen LogP contribution in [-0.2, 0) is 10.2 Å². The maximum Gasteiger partial charge on any atom is 0.225 e. The normalized spacial score (nSPS) is 20.3. The lowest BCUT2D eigenvalue weighted by atomic mass is 9.74. The summed E-state index contributed by atoms with van der Waals surface area (Å²) < 4.78 is 0. The first-order chi connectivity index (χ1) is 10.7. The van der Waals surface area contributed by atoms with Gasteiger partial charge in [0.05, 0.1) is 0 Å². The molecule has 0 N–H and O–H groups in total. The molecule has 1 amide bonds. The molecule has 2 aliphatic rings. The summed E-state index contributed by atoms with van der Waals surface area (Å²) in [5.41, 5.74) is 3.23. The molecule has 0 atom stereocenters. The highest BCUT2D eigenvalue weighted by atomic mass is 16.2. The summed E-state index contributed by atoms with van der Waals surface area (Å²) in [4.78, 5) is 16.9. The van der Waals surface area contributed by atoms with Crippen LogP contribution in [0.3, 0.4) is 0 Å². The Kier molecular flexibility index (Phi) is 3.94. The molecule has 0 aromatic heterocycles. The number of rotatable bonds is 1. The highest BCUT2D eigenvalue weighted by Gasteiger charge is 2.47. The van der Waals surface area contributed by atoms with Gasteiger partial charge in [0.1, 0.15) is 0 Å². The number of carbonyl (C=O) groups is 1. The van der Waals surface area contributed by atoms with Gasteiger partial charge in [-0.1, -0.05) is 32.0 Å². The third-order valence-electron chi connectivity index (χ3n) is 5.56. The molecule has 3 rings (SSSR count). The molecule has 3 heteroatoms. The minimum Gasteiger partial charge on any atom is -0.366 e. The van der Waals surface area contributed by atoms with Crippen molar-refractivity contribution in [2.45, 2.75) is 58.4 Å². The lowest BCUT2D eigenvalue weighted by Gasteiger charge is -2.42. The molecular weight excluding hydrogens is 284 g/mol. The summed E-state index contributed by atoms with van der Waals surface area (Å²) >= 11 is 0. The Morgan fingerprint density at radius 3 is 2.30 bits per heavy atom. The van der Waals surface area contributed by atoms with E-state index in [0.717, 1.165) is 32.5 Å². The lowest BCUT2D eigenvalue weighted by molar-refractivity contribution is -0.136. The summed E-state index contributed by atoms with van der Waals surface area (Å²) in [5, 5.41) is 0. The fourth-order valence-corrected chi connectivity index (χ4v) is 4.18. The van der Waals surface area contributed by atoms with Crippen molar-refractivity contribution in [3.8, 4) is 0 Å². The lowest BCUT2D eigenvalue weighted by Crippen LogP contribution is -2.50. The highest BCUT2D eigenvalue weighted by molar-refractivity contribution is 5.78. The Balaban J connectivity index is 1.86. The molecule has 23 heavy (non-hydrogen) atoms. The number of hydrogen-bond acceptors (Lipinski definition) is 2. The first-order valence-electron chi connectivity index (χ1n) is 8.91. The zero-order valence-corrected chi connectivity index (χ0v) is 15.2. The van der Waals surface area contributed by atoms with Crippen LogP contribution >= 0.6 is 0 Å². The van der Waals surface area contributed by atoms with Crippen molar-refractivity contribution in [2.24, 2.45) is 5.92 Å². The molecule has 1 fully saturated rings. The van der Waals surface area contributed by atoms with Crippen molar-refractivity contribution in [2.75, 3.05) is 24.5 Å². The Morgan fingerprint density at radius 1 is 1.13 bits per heavy atom. The second-order valence-corrected chi connectivity index (χ2v) is 8.53. The molecule has 1 aromatic carbocycles. The molecule has 0 radical (unpaired) electrons. The van der Waals surface area contributed by atoms with Gasteiger partial charge in [0.15, 0.2) is 0 Å². The third-order valence-corrected chi connectivity index (χ3v) is 5.56. The van der Waals surface area contributed by atoms with E-state index in [1.807, 2.05) is 13.8 Å². The van der Waals surface area contributed by atoms with E-state index in [1.165, 1.54) is 11.3 Å². The number of para-hydroxylation sites is 1. The van der Waals surface area contributed by atoms with Gasteiger partial charge in [-0.2, -0.15) is 0 Å². The van der Waals surface area contributed by atoms with E-state index >= 15 is 0 Å². The molecule has 0 aliphatic carbocycles. The number of anilines is 1. The van der Waals surface area contributed by atoms with Crippen LogP contribution in [0.2, 0.25) is 0 Å². The summed E-state index contributed by atoms with van der Waals surface area (Å²) in [6, 6.07) is 8.88. The van der Waals surface area contributed by atoms with Gasteiger partial charge in [-0.3, -0.25) is 4.79 Å². The molecule has 0 unspecified atom stereocenters. The highest BCUT2D eigenvalue weighted by Crippen LogP contribution is 2.49. The van der Waals surface area contributed by atoms with Gasteiger partial charge in [0.2, 0.25) is 5.91 Å². The smallest absolute Gasteiger partial charge is 0.225 e. The standard InChI is InChI=1S/C20H30N2O/c1-15(2)18(23)21-12-10-20(11-13-21)14-22(19(3,4)5)17-9-7-6-8-16(17)20/h6-9,15H,10-14H2,1-5H3. The first-order valence-corrected chi connectivity index (χ1v) is 8.91. The van der Waals surface area contributed by atoms with E-state index in [9.17, 15) is 4.79 Å². The van der Waals surface area contributed by atoms with Gasteiger partial charge in [0.25, 0.3) is 0 Å². The van der Waals surface area contributed by atoms with Crippen molar-refractivity contribution in [3.63, 3.8) is 0 Å². The van der Waals surface area contributed by atoms with Gasteiger partial charge >= 0.3 is 0 Å². The number of fused-ring (bicyclic) bond motifs is 2. The van der Waals surface area contributed by atoms with E-state index in [4.69, 9.17) is 0 Å². The van der Waals surface area contributed by atoms with Crippen LogP contribution in [0.1, 0.15) is 53.0 Å². The number of amides is 1. The zero-order valence-electron chi connectivity index (χ0n) is 15.2. The average Bonchev–Trinajstić information content (AvgIpc) is 2.83. The summed E-state index contributed by atoms with van der Waals surface area (Å²) in [5.74, 6) is 0.407. The number of nitrogens with zero attached hydrogens (tertiary/aromatic N) is 2. The van der Waals surface area contributed by atoms with Crippen molar-refractivity contribution < 1.29 is 4.79 Å². The van der Waals surface area contributed by atoms with Gasteiger partial charge in [-0.15, -0.1) is 0 Å². The van der Waals surface area contributed by atoms with E-state index in [-0.39, 0.29) is 16.9 Å². The molecule has 0 bridgehead atoms. The van der Waals surface area contributed by atoms with Crippen LogP contribution in [-0.4, -0.2) is 36.0 Å². The summed E-state index contributed by atoms with van der Waals surface area (Å²) in [7, 11) is 0. The van der Waals surface area contributed by atoms with Gasteiger partial charge < -0.3 is 9.80 Å². The molecule has 3 nitrogen and oxygen atoms in total. The van der Waals surface area contributed by atoms with Crippen LogP contribution in [0.25, 0.3) is 0 Å². The minimum absolute atomic E-state index is 0.103. The van der Waals surface area contributed by atoms with Gasteiger partial charge in [-0.25, -0.2) is 0 Å². The SMILES string of the molecule is CC(C)C(=O)N1CCC2(CC1)CN(C(C)(C)C)c1ccccc12. The van der Waals surface area contributed by atoms with Gasteiger partial charge in [0, 0.05) is 42.2 Å². The van der Waals surface area contributed by atoms with E-state index < -0.39 is 0 Å². The number of piperidine rings is 1. The summed E-state index contributed by atoms with van der Waals surface area (Å²) in [6.45, 7) is 13.7. The molecule has 2 heterocycles. The van der Waals surface area contributed by atoms with Crippen molar-refractivity contribution in [3.05, 3.63) is 29.8 Å². The van der Waals surface area contributed by atoms with Crippen LogP contribution in [0.15, 0.2) is 24.3 Å². The second-order valence-electron chi connectivity index (χ2n) is 8.53. The largest absolute Gasteiger partial charge is 0.366 e. The molecule has 0 saturated carbocycles. The maximum absolute atomic E-state index is 12.3. The molecule has 1 spiro atoms. The molecular formula is C20H30N2O. The molecule has 1 saturated heterocycles. The molecule has 126 valence electrons. The third kappa shape index (κ3) is 2.75. The van der Waals surface area contributed by atoms with Crippen LogP contribution in [0.4, 0.5) is 5.69 Å². The Morgan fingerprint density at radius 2 is 1.74 bits per heavy atom. The predicted molar refractivity (Wildman–Crippen MR) is 95.9 cm³/mol. The topological polar surface area (TPSA) is 23.6 Å². The number of benzene rings is 1. The van der Waals surface area contributed by atoms with E-state index in [0.29, 0.717) is 5.91 Å². The zero-order chi connectivity index (χ0) is 16.8.